The fourth-order valence-corrected chi connectivity index (χ4v) is 6.90. The molecule has 0 spiro atoms. The summed E-state index contributed by atoms with van der Waals surface area (Å²) in [5.41, 5.74) is -3.91. The molecule has 224 valence electrons. The highest BCUT2D eigenvalue weighted by Crippen LogP contribution is 2.48. The monoisotopic (exact) mass is 644 g/mol. The molecule has 1 heterocycles. The van der Waals surface area contributed by atoms with Crippen LogP contribution in [0.1, 0.15) is 35.6 Å². The first kappa shape index (κ1) is 11.6. The van der Waals surface area contributed by atoms with Crippen LogP contribution >= 0.6 is 0 Å². The first-order valence-electron chi connectivity index (χ1n) is 27.9. The third kappa shape index (κ3) is 3.34. The minimum absolute atomic E-state index is 0.271. The van der Waals surface area contributed by atoms with Crippen molar-refractivity contribution in [3.05, 3.63) is 157 Å². The number of benzene rings is 11. The van der Waals surface area contributed by atoms with Gasteiger partial charge < -0.3 is 4.42 Å². The van der Waals surface area contributed by atoms with Gasteiger partial charge in [0, 0.05) is 16.3 Å². The van der Waals surface area contributed by atoms with Crippen LogP contribution in [0.5, 0.6) is 0 Å². The third-order valence-electron chi connectivity index (χ3n) is 9.00. The van der Waals surface area contributed by atoms with E-state index < -0.39 is 255 Å². The van der Waals surface area contributed by atoms with Gasteiger partial charge in [0.15, 0.2) is 0 Å². The van der Waals surface area contributed by atoms with Gasteiger partial charge in [-0.05, 0) is 110 Å². The Hall–Kier alpha value is -6.44. The van der Waals surface area contributed by atoms with Gasteiger partial charge in [0.2, 0.25) is 0 Å². The summed E-state index contributed by atoms with van der Waals surface area (Å²) in [6, 6.07) is -20.5. The van der Waals surface area contributed by atoms with E-state index in [4.69, 9.17) is 23.6 Å². The van der Waals surface area contributed by atoms with Crippen LogP contribution in [0.25, 0.3) is 120 Å². The van der Waals surface area contributed by atoms with Gasteiger partial charge in [-0.15, -0.1) is 0 Å². The first-order valence-corrected chi connectivity index (χ1v) is 14.9. The van der Waals surface area contributed by atoms with Crippen molar-refractivity contribution in [2.24, 2.45) is 0 Å². The summed E-state index contributed by atoms with van der Waals surface area (Å²) in [7, 11) is 0. The van der Waals surface area contributed by atoms with E-state index >= 15 is 0 Å². The first-order chi connectivity index (χ1) is 35.2. The van der Waals surface area contributed by atoms with Crippen LogP contribution in [0.4, 0.5) is 0 Å². The Bertz CT molecular complexity index is 4780. The molecule has 0 fully saturated rings. The summed E-state index contributed by atoms with van der Waals surface area (Å²) in [5, 5.41) is -6.85. The molecule has 0 bridgehead atoms. The minimum atomic E-state index is -0.984. The van der Waals surface area contributed by atoms with Gasteiger partial charge in [-0.2, -0.15) is 0 Å². The van der Waals surface area contributed by atoms with E-state index in [-0.39, 0.29) is 21.5 Å². The second kappa shape index (κ2) is 9.13. The summed E-state index contributed by atoms with van der Waals surface area (Å²) in [6.07, 6.45) is 0. The van der Waals surface area contributed by atoms with Crippen molar-refractivity contribution in [1.29, 1.82) is 0 Å². The highest BCUT2D eigenvalue weighted by atomic mass is 16.3. The predicted octanol–water partition coefficient (Wildman–Crippen LogP) is 13.9. The predicted molar refractivity (Wildman–Crippen MR) is 210 cm³/mol. The number of fused-ring (bicyclic) bond motifs is 4. The number of hydrogen-bond donors (Lipinski definition) is 0. The molecule has 12 rings (SSSR count). The third-order valence-corrected chi connectivity index (χ3v) is 9.00. The van der Waals surface area contributed by atoms with Gasteiger partial charge in [0.25, 0.3) is 0 Å². The molecule has 0 aliphatic heterocycles. The van der Waals surface area contributed by atoms with Crippen molar-refractivity contribution in [3.63, 3.8) is 0 Å². The maximum atomic E-state index is 10.0. The van der Waals surface area contributed by atoms with Gasteiger partial charge in [0.05, 0.1) is 35.6 Å². The fourth-order valence-electron chi connectivity index (χ4n) is 6.90. The van der Waals surface area contributed by atoms with Gasteiger partial charge in [-0.3, -0.25) is 0 Å². The van der Waals surface area contributed by atoms with Crippen molar-refractivity contribution in [2.45, 2.75) is 0 Å². The summed E-state index contributed by atoms with van der Waals surface area (Å²) < 4.78 is 245. The molecule has 0 radical (unpaired) electrons. The molecule has 0 aliphatic carbocycles. The van der Waals surface area contributed by atoms with E-state index in [1.165, 1.54) is 0 Å². The van der Waals surface area contributed by atoms with Crippen molar-refractivity contribution in [1.82, 2.24) is 0 Å². The van der Waals surface area contributed by atoms with Crippen molar-refractivity contribution >= 4 is 97.3 Å². The normalized spacial score (nSPS) is 19.9. The standard InChI is InChI=1S/C48H26O/c1-2-6-34-26-42-41(25-33(34)5-1)47-39(35-19-15-31-13-11-27-7-3-9-29-17-21-37(35)45(31)43(27)29)23-24-40(48(47)49-42)36-20-16-32-14-12-28-8-4-10-30-18-22-38(36)46(32)44(28)30/h1-26H/i1D,2D,3D,4D,5D,6D,7D,8D,9D,10D,11D,12D,13D,14D,15D,16D,17D,18D,19D,20D,21D,22D,23D,24D,25D,26D. The van der Waals surface area contributed by atoms with Crippen LogP contribution in [0.2, 0.25) is 0 Å². The molecule has 11 aromatic carbocycles. The van der Waals surface area contributed by atoms with E-state index in [0.29, 0.717) is 0 Å². The lowest BCUT2D eigenvalue weighted by Gasteiger charge is -2.16. The van der Waals surface area contributed by atoms with Crippen LogP contribution < -0.4 is 0 Å². The summed E-state index contributed by atoms with van der Waals surface area (Å²) in [4.78, 5) is 0. The lowest BCUT2D eigenvalue weighted by molar-refractivity contribution is 0.670. The Labute approximate surface area is 317 Å². The van der Waals surface area contributed by atoms with Gasteiger partial charge in [-0.25, -0.2) is 0 Å². The minimum Gasteiger partial charge on any atom is -0.455 e. The Kier molecular flexibility index (Phi) is 2.16. The molecular formula is C48H26O. The molecule has 0 saturated carbocycles. The summed E-state index contributed by atoms with van der Waals surface area (Å²) in [5.74, 6) is 0. The lowest BCUT2D eigenvalue weighted by Crippen LogP contribution is -1.90. The molecule has 0 unspecified atom stereocenters. The molecule has 0 saturated heterocycles. The number of hydrogen-bond acceptors (Lipinski definition) is 1. The molecule has 1 heteroatoms. The zero-order valence-electron chi connectivity index (χ0n) is 50.4. The highest BCUT2D eigenvalue weighted by Gasteiger charge is 2.22. The topological polar surface area (TPSA) is 13.1 Å². The molecule has 0 amide bonds. The second-order valence-corrected chi connectivity index (χ2v) is 11.5. The Balaban J connectivity index is 1.41. The van der Waals surface area contributed by atoms with Crippen LogP contribution in [0.3, 0.4) is 0 Å². The van der Waals surface area contributed by atoms with Gasteiger partial charge in [0.1, 0.15) is 11.2 Å². The second-order valence-electron chi connectivity index (χ2n) is 11.5. The van der Waals surface area contributed by atoms with E-state index in [1.807, 2.05) is 0 Å². The highest BCUT2D eigenvalue weighted by molar-refractivity contribution is 6.29. The number of rotatable bonds is 2. The van der Waals surface area contributed by atoms with Crippen molar-refractivity contribution < 1.29 is 40.1 Å². The largest absolute Gasteiger partial charge is 0.455 e. The maximum absolute atomic E-state index is 10.0. The van der Waals surface area contributed by atoms with Crippen LogP contribution in [-0.4, -0.2) is 0 Å². The zero-order chi connectivity index (χ0) is 54.4. The number of furan rings is 1. The SMILES string of the molecule is [2H]c1c([2H])c(-c2c([2H])c([2H])c3c([2H])c([2H])c4c([2H])c([2H])c([2H])c5c([2H])c([2H])c2c3c45)c2c(oc3c([2H])c4c([2H])c([2H])c([2H])c([2H])c4c([2H])c32)c1-c1c([2H])c([2H])c2c([2H])c([2H])c3c([2H])c([2H])c([2H])c4c([2H])c([2H])c1c2c34. The van der Waals surface area contributed by atoms with Crippen LogP contribution in [0, 0.1) is 0 Å². The van der Waals surface area contributed by atoms with E-state index in [9.17, 15) is 16.4 Å². The molecule has 0 N–H and O–H groups in total. The lowest BCUT2D eigenvalue weighted by atomic mass is 9.86. The zero-order valence-corrected chi connectivity index (χ0v) is 24.4. The van der Waals surface area contributed by atoms with Gasteiger partial charge in [-0.1, -0.05) is 139 Å². The van der Waals surface area contributed by atoms with Crippen molar-refractivity contribution in [3.8, 4) is 22.3 Å². The molecule has 12 aromatic rings. The quantitative estimate of drug-likeness (QED) is 0.171. The van der Waals surface area contributed by atoms with E-state index in [2.05, 4.69) is 0 Å². The smallest absolute Gasteiger partial charge is 0.143 e. The molecule has 1 nitrogen and oxygen atoms in total. The maximum Gasteiger partial charge on any atom is 0.143 e. The van der Waals surface area contributed by atoms with Crippen molar-refractivity contribution in [2.75, 3.05) is 0 Å². The Morgan fingerprint density at radius 2 is 0.735 bits per heavy atom. The molecule has 49 heavy (non-hydrogen) atoms. The van der Waals surface area contributed by atoms with Gasteiger partial charge >= 0.3 is 0 Å². The van der Waals surface area contributed by atoms with E-state index in [1.54, 1.807) is 0 Å². The average Bonchev–Trinajstić information content (AvgIpc) is 3.83. The van der Waals surface area contributed by atoms with Crippen LogP contribution in [-0.2, 0) is 0 Å². The molecule has 1 aromatic heterocycles. The van der Waals surface area contributed by atoms with Crippen LogP contribution in [0.15, 0.2) is 162 Å². The Morgan fingerprint density at radius 3 is 1.33 bits per heavy atom. The molecule has 0 aliphatic rings. The molecular weight excluding hydrogens is 593 g/mol. The average molecular weight is 645 g/mol. The summed E-state index contributed by atoms with van der Waals surface area (Å²) >= 11 is 0. The Morgan fingerprint density at radius 1 is 0.306 bits per heavy atom. The summed E-state index contributed by atoms with van der Waals surface area (Å²) in [6.45, 7) is 0. The molecule has 0 atom stereocenters. The van der Waals surface area contributed by atoms with E-state index in [0.717, 1.165) is 0 Å². The fraction of sp³-hybridized carbons (Fsp3) is 0.